The molecule has 0 aromatic heterocycles. The summed E-state index contributed by atoms with van der Waals surface area (Å²) in [5.74, 6) is 0.945. The Labute approximate surface area is 180 Å². The minimum atomic E-state index is -0.305. The van der Waals surface area contributed by atoms with Gasteiger partial charge in [-0.3, -0.25) is 4.90 Å². The van der Waals surface area contributed by atoms with Gasteiger partial charge in [0.25, 0.3) is 0 Å². The highest BCUT2D eigenvalue weighted by atomic mass is 35.5. The molecule has 2 rings (SSSR count). The molecule has 28 heavy (non-hydrogen) atoms. The Morgan fingerprint density at radius 3 is 2.68 bits per heavy atom. The van der Waals surface area contributed by atoms with Gasteiger partial charge in [-0.15, -0.1) is 30.7 Å². The van der Waals surface area contributed by atoms with E-state index in [1.54, 1.807) is 0 Å². The van der Waals surface area contributed by atoms with Crippen molar-refractivity contribution in [2.24, 2.45) is 0 Å². The monoisotopic (exact) mass is 427 g/mol. The molecule has 1 aliphatic rings. The minimum absolute atomic E-state index is 0. The molecule has 1 N–H and O–H groups in total. The normalized spacial score (nSPS) is 14.2. The van der Waals surface area contributed by atoms with Crippen molar-refractivity contribution < 1.29 is 9.53 Å². The van der Waals surface area contributed by atoms with E-state index in [9.17, 15) is 4.79 Å². The molecule has 5 nitrogen and oxygen atoms in total. The number of benzene rings is 1. The Morgan fingerprint density at radius 2 is 1.96 bits per heavy atom. The summed E-state index contributed by atoms with van der Waals surface area (Å²) in [5.41, 5.74) is 1.35. The highest BCUT2D eigenvalue weighted by Gasteiger charge is 2.18. The number of ether oxygens (including phenoxy) is 1. The van der Waals surface area contributed by atoms with Crippen molar-refractivity contribution in [1.29, 1.82) is 0 Å². The van der Waals surface area contributed by atoms with Gasteiger partial charge in [0, 0.05) is 43.4 Å². The van der Waals surface area contributed by atoms with Gasteiger partial charge in [0.2, 0.25) is 0 Å². The van der Waals surface area contributed by atoms with Crippen molar-refractivity contribution in [3.8, 4) is 0 Å². The number of anilines is 1. The summed E-state index contributed by atoms with van der Waals surface area (Å²) in [4.78, 5) is 17.6. The molecule has 1 aromatic carbocycles. The summed E-state index contributed by atoms with van der Waals surface area (Å²) in [7, 11) is 0. The third-order valence-corrected chi connectivity index (χ3v) is 5.67. The van der Waals surface area contributed by atoms with Crippen molar-refractivity contribution in [2.45, 2.75) is 31.1 Å². The molecule has 1 saturated heterocycles. The fourth-order valence-corrected chi connectivity index (χ4v) is 3.99. The predicted molar refractivity (Wildman–Crippen MR) is 122 cm³/mol. The van der Waals surface area contributed by atoms with Crippen LogP contribution in [0, 0.1) is 0 Å². The van der Waals surface area contributed by atoms with E-state index in [2.05, 4.69) is 46.0 Å². The van der Waals surface area contributed by atoms with Crippen LogP contribution in [0.25, 0.3) is 0 Å². The Bertz CT molecular complexity index is 581. The molecule has 0 radical (unpaired) electrons. The SMILES string of the molecule is C=CCSc1ccccc1N1CCN(CCCCCOC(=O)NCC)CC1.Cl. The zero-order chi connectivity index (χ0) is 19.3. The molecule has 0 bridgehead atoms. The molecular formula is C21H34ClN3O2S. The maximum absolute atomic E-state index is 11.2. The first kappa shape index (κ1) is 24.7. The second-order valence-electron chi connectivity index (χ2n) is 6.62. The molecule has 7 heteroatoms. The van der Waals surface area contributed by atoms with E-state index < -0.39 is 0 Å². The predicted octanol–water partition coefficient (Wildman–Crippen LogP) is 4.42. The zero-order valence-corrected chi connectivity index (χ0v) is 18.5. The Hall–Kier alpha value is -1.37. The van der Waals surface area contributed by atoms with Gasteiger partial charge in [-0.2, -0.15) is 0 Å². The number of halogens is 1. The summed E-state index contributed by atoms with van der Waals surface area (Å²) >= 11 is 1.85. The summed E-state index contributed by atoms with van der Waals surface area (Å²) < 4.78 is 5.10. The molecule has 0 unspecified atom stereocenters. The van der Waals surface area contributed by atoms with Crippen molar-refractivity contribution in [3.63, 3.8) is 0 Å². The molecule has 1 amide bonds. The molecule has 158 valence electrons. The average Bonchev–Trinajstić information content (AvgIpc) is 2.70. The average molecular weight is 428 g/mol. The lowest BCUT2D eigenvalue weighted by molar-refractivity contribution is 0.143. The number of carbonyl (C=O) groups excluding carboxylic acids is 1. The van der Waals surface area contributed by atoms with Crippen molar-refractivity contribution >= 4 is 35.9 Å². The number of rotatable bonds is 11. The van der Waals surface area contributed by atoms with Gasteiger partial charge < -0.3 is 15.0 Å². The van der Waals surface area contributed by atoms with E-state index in [0.717, 1.165) is 57.7 Å². The first-order valence-electron chi connectivity index (χ1n) is 9.95. The maximum Gasteiger partial charge on any atom is 0.407 e. The molecule has 0 aliphatic carbocycles. The second kappa shape index (κ2) is 14.6. The van der Waals surface area contributed by atoms with Gasteiger partial charge in [0.05, 0.1) is 12.3 Å². The van der Waals surface area contributed by atoms with Crippen LogP contribution in [0.1, 0.15) is 26.2 Å². The van der Waals surface area contributed by atoms with Crippen LogP contribution in [0.5, 0.6) is 0 Å². The van der Waals surface area contributed by atoms with Gasteiger partial charge in [0.1, 0.15) is 0 Å². The van der Waals surface area contributed by atoms with Crippen LogP contribution < -0.4 is 10.2 Å². The van der Waals surface area contributed by atoms with Gasteiger partial charge in [-0.25, -0.2) is 4.79 Å². The summed E-state index contributed by atoms with van der Waals surface area (Å²) in [6, 6.07) is 8.68. The van der Waals surface area contributed by atoms with Crippen molar-refractivity contribution in [1.82, 2.24) is 10.2 Å². The van der Waals surface area contributed by atoms with Crippen LogP contribution in [0.2, 0.25) is 0 Å². The first-order chi connectivity index (χ1) is 13.2. The fraction of sp³-hybridized carbons (Fsp3) is 0.571. The van der Waals surface area contributed by atoms with Crippen LogP contribution in [-0.2, 0) is 4.74 Å². The van der Waals surface area contributed by atoms with Crippen LogP contribution in [0.15, 0.2) is 41.8 Å². The minimum Gasteiger partial charge on any atom is -0.450 e. The molecular weight excluding hydrogens is 394 g/mol. The first-order valence-corrected chi connectivity index (χ1v) is 10.9. The van der Waals surface area contributed by atoms with E-state index in [0.29, 0.717) is 13.2 Å². The fourth-order valence-electron chi connectivity index (χ4n) is 3.18. The number of alkyl carbamates (subject to hydrolysis) is 1. The summed E-state index contributed by atoms with van der Waals surface area (Å²) in [5, 5.41) is 2.64. The number of piperazine rings is 1. The van der Waals surface area contributed by atoms with E-state index in [1.807, 2.05) is 24.8 Å². The lowest BCUT2D eigenvalue weighted by Crippen LogP contribution is -2.46. The van der Waals surface area contributed by atoms with Crippen LogP contribution >= 0.6 is 24.2 Å². The van der Waals surface area contributed by atoms with Crippen molar-refractivity contribution in [2.75, 3.05) is 56.5 Å². The Morgan fingerprint density at radius 1 is 1.21 bits per heavy atom. The van der Waals surface area contributed by atoms with Crippen LogP contribution in [0.4, 0.5) is 10.5 Å². The molecule has 1 aliphatic heterocycles. The van der Waals surface area contributed by atoms with Gasteiger partial charge >= 0.3 is 6.09 Å². The Balaban J connectivity index is 0.00000392. The largest absolute Gasteiger partial charge is 0.450 e. The zero-order valence-electron chi connectivity index (χ0n) is 16.9. The highest BCUT2D eigenvalue weighted by Crippen LogP contribution is 2.30. The van der Waals surface area contributed by atoms with Crippen molar-refractivity contribution in [3.05, 3.63) is 36.9 Å². The van der Waals surface area contributed by atoms with E-state index in [1.165, 1.54) is 10.6 Å². The summed E-state index contributed by atoms with van der Waals surface area (Å²) in [6.07, 6.45) is 4.84. The number of hydrogen-bond donors (Lipinski definition) is 1. The number of para-hydroxylation sites is 1. The Kier molecular flexibility index (Phi) is 12.9. The quantitative estimate of drug-likeness (QED) is 0.321. The van der Waals surface area contributed by atoms with Gasteiger partial charge in [-0.1, -0.05) is 18.2 Å². The number of carbonyl (C=O) groups is 1. The smallest absolute Gasteiger partial charge is 0.407 e. The number of nitrogens with one attached hydrogen (secondary N) is 1. The third-order valence-electron chi connectivity index (χ3n) is 4.61. The second-order valence-corrected chi connectivity index (χ2v) is 7.68. The lowest BCUT2D eigenvalue weighted by Gasteiger charge is -2.37. The number of thioether (sulfide) groups is 1. The number of amides is 1. The standard InChI is InChI=1S/C21H33N3O2S.ClH/c1-3-18-27-20-11-7-6-10-19(20)24-15-13-23(14-16-24)12-8-5-9-17-26-21(25)22-4-2;/h3,6-7,10-11H,1,4-5,8-9,12-18H2,2H3,(H,22,25);1H. The van der Waals surface area contributed by atoms with Gasteiger partial charge in [-0.05, 0) is 44.9 Å². The van der Waals surface area contributed by atoms with Crippen LogP contribution in [0.3, 0.4) is 0 Å². The third kappa shape index (κ3) is 8.76. The van der Waals surface area contributed by atoms with Crippen LogP contribution in [-0.4, -0.2) is 62.6 Å². The topological polar surface area (TPSA) is 44.8 Å². The van der Waals surface area contributed by atoms with E-state index in [-0.39, 0.29) is 18.5 Å². The molecule has 0 saturated carbocycles. The molecule has 0 atom stereocenters. The highest BCUT2D eigenvalue weighted by molar-refractivity contribution is 7.99. The van der Waals surface area contributed by atoms with Gasteiger partial charge in [0.15, 0.2) is 0 Å². The molecule has 1 aromatic rings. The lowest BCUT2D eigenvalue weighted by atomic mass is 10.2. The summed E-state index contributed by atoms with van der Waals surface area (Å²) in [6.45, 7) is 12.3. The van der Waals surface area contributed by atoms with E-state index in [4.69, 9.17) is 4.74 Å². The number of nitrogens with zero attached hydrogens (tertiary/aromatic N) is 2. The maximum atomic E-state index is 11.2. The molecule has 1 fully saturated rings. The number of hydrogen-bond acceptors (Lipinski definition) is 5. The molecule has 1 heterocycles. The molecule has 0 spiro atoms. The van der Waals surface area contributed by atoms with E-state index >= 15 is 0 Å². The number of unbranched alkanes of at least 4 members (excludes halogenated alkanes) is 2.